The number of aromatic nitrogens is 1. The first-order valence-corrected chi connectivity index (χ1v) is 6.63. The first-order chi connectivity index (χ1) is 8.22. The number of aliphatic hydroxyl groups is 1. The van der Waals surface area contributed by atoms with Crippen molar-refractivity contribution in [3.63, 3.8) is 0 Å². The summed E-state index contributed by atoms with van der Waals surface area (Å²) in [6, 6.07) is 4.67. The molecule has 1 aliphatic rings. The van der Waals surface area contributed by atoms with Crippen LogP contribution < -0.4 is 4.90 Å². The zero-order valence-corrected chi connectivity index (χ0v) is 10.8. The van der Waals surface area contributed by atoms with Crippen LogP contribution in [-0.2, 0) is 0 Å². The molecule has 1 fully saturated rings. The van der Waals surface area contributed by atoms with Crippen LogP contribution in [0.5, 0.6) is 0 Å². The molecule has 1 atom stereocenters. The Hall–Kier alpha value is -1.09. The topological polar surface area (TPSA) is 36.4 Å². The maximum atomic E-state index is 9.47. The minimum atomic E-state index is -0.432. The number of nitrogens with zero attached hydrogens (tertiary/aromatic N) is 2. The molecule has 17 heavy (non-hydrogen) atoms. The van der Waals surface area contributed by atoms with Gasteiger partial charge in [0.25, 0.3) is 0 Å². The Balaban J connectivity index is 2.13. The molecule has 3 heteroatoms. The van der Waals surface area contributed by atoms with Crippen LogP contribution in [0.25, 0.3) is 0 Å². The molecule has 0 aliphatic heterocycles. The highest BCUT2D eigenvalue weighted by Crippen LogP contribution is 2.27. The molecule has 3 nitrogen and oxygen atoms in total. The van der Waals surface area contributed by atoms with Gasteiger partial charge in [-0.05, 0) is 38.3 Å². The summed E-state index contributed by atoms with van der Waals surface area (Å²) >= 11 is 0. The fourth-order valence-electron chi connectivity index (χ4n) is 2.64. The van der Waals surface area contributed by atoms with Crippen LogP contribution >= 0.6 is 0 Å². The molecular weight excluding hydrogens is 212 g/mol. The van der Waals surface area contributed by atoms with Crippen molar-refractivity contribution in [3.8, 4) is 0 Å². The van der Waals surface area contributed by atoms with Crippen LogP contribution in [0.15, 0.2) is 18.3 Å². The predicted octanol–water partition coefficient (Wildman–Crippen LogP) is 2.90. The Morgan fingerprint density at radius 1 is 1.41 bits per heavy atom. The van der Waals surface area contributed by atoms with E-state index in [1.807, 2.05) is 12.1 Å². The lowest BCUT2D eigenvalue weighted by Gasteiger charge is -2.28. The van der Waals surface area contributed by atoms with Crippen molar-refractivity contribution < 1.29 is 5.11 Å². The Morgan fingerprint density at radius 2 is 2.12 bits per heavy atom. The summed E-state index contributed by atoms with van der Waals surface area (Å²) in [5.41, 5.74) is 0.885. The van der Waals surface area contributed by atoms with Gasteiger partial charge in [-0.2, -0.15) is 0 Å². The molecule has 1 aliphatic carbocycles. The molecule has 0 spiro atoms. The maximum Gasteiger partial charge on any atom is 0.128 e. The van der Waals surface area contributed by atoms with Gasteiger partial charge in [-0.3, -0.25) is 0 Å². The van der Waals surface area contributed by atoms with Gasteiger partial charge in [-0.1, -0.05) is 18.9 Å². The Kier molecular flexibility index (Phi) is 4.00. The molecular formula is C14H22N2O. The zero-order chi connectivity index (χ0) is 12.3. The standard InChI is InChI=1S/C14H22N2O/c1-3-16(13-6-4-5-7-13)14-9-8-12(10-15-14)11(2)17/h8-11,13,17H,3-7H2,1-2H3. The third-order valence-corrected chi connectivity index (χ3v) is 3.65. The molecule has 0 saturated heterocycles. The zero-order valence-electron chi connectivity index (χ0n) is 10.8. The molecule has 94 valence electrons. The van der Waals surface area contributed by atoms with Gasteiger partial charge in [-0.15, -0.1) is 0 Å². The van der Waals surface area contributed by atoms with Gasteiger partial charge in [0.05, 0.1) is 6.10 Å². The molecule has 1 heterocycles. The number of rotatable bonds is 4. The monoisotopic (exact) mass is 234 g/mol. The fraction of sp³-hybridized carbons (Fsp3) is 0.643. The number of anilines is 1. The summed E-state index contributed by atoms with van der Waals surface area (Å²) in [5, 5.41) is 9.47. The maximum absolute atomic E-state index is 9.47. The van der Waals surface area contributed by atoms with E-state index in [4.69, 9.17) is 0 Å². The van der Waals surface area contributed by atoms with Gasteiger partial charge in [0.15, 0.2) is 0 Å². The number of hydrogen-bond donors (Lipinski definition) is 1. The SMILES string of the molecule is CCN(c1ccc(C(C)O)cn1)C1CCCC1. The van der Waals surface area contributed by atoms with Crippen LogP contribution in [0.1, 0.15) is 51.2 Å². The van der Waals surface area contributed by atoms with E-state index in [1.165, 1.54) is 25.7 Å². The molecule has 1 unspecified atom stereocenters. The van der Waals surface area contributed by atoms with E-state index in [-0.39, 0.29) is 0 Å². The normalized spacial score (nSPS) is 18.3. The van der Waals surface area contributed by atoms with Crippen molar-refractivity contribution in [1.82, 2.24) is 4.98 Å². The molecule has 0 aromatic carbocycles. The lowest BCUT2D eigenvalue weighted by molar-refractivity contribution is 0.199. The third kappa shape index (κ3) is 2.78. The summed E-state index contributed by atoms with van der Waals surface area (Å²) in [6.45, 7) is 4.96. The molecule has 1 aromatic heterocycles. The second-order valence-electron chi connectivity index (χ2n) is 4.85. The fourth-order valence-corrected chi connectivity index (χ4v) is 2.64. The van der Waals surface area contributed by atoms with E-state index in [0.717, 1.165) is 17.9 Å². The van der Waals surface area contributed by atoms with Gasteiger partial charge in [0.2, 0.25) is 0 Å². The summed E-state index contributed by atoms with van der Waals surface area (Å²) < 4.78 is 0. The van der Waals surface area contributed by atoms with Crippen molar-refractivity contribution in [1.29, 1.82) is 0 Å². The largest absolute Gasteiger partial charge is 0.389 e. The van der Waals surface area contributed by atoms with Gasteiger partial charge >= 0.3 is 0 Å². The van der Waals surface area contributed by atoms with Crippen LogP contribution in [0, 0.1) is 0 Å². The van der Waals surface area contributed by atoms with E-state index in [0.29, 0.717) is 6.04 Å². The summed E-state index contributed by atoms with van der Waals surface area (Å²) in [5.74, 6) is 1.05. The molecule has 1 N–H and O–H groups in total. The summed E-state index contributed by atoms with van der Waals surface area (Å²) in [6.07, 6.45) is 6.61. The lowest BCUT2D eigenvalue weighted by Crippen LogP contribution is -2.33. The molecule has 0 bridgehead atoms. The number of hydrogen-bond acceptors (Lipinski definition) is 3. The first-order valence-electron chi connectivity index (χ1n) is 6.63. The van der Waals surface area contributed by atoms with E-state index in [9.17, 15) is 5.11 Å². The van der Waals surface area contributed by atoms with Crippen molar-refractivity contribution >= 4 is 5.82 Å². The van der Waals surface area contributed by atoms with E-state index in [2.05, 4.69) is 16.8 Å². The third-order valence-electron chi connectivity index (χ3n) is 3.65. The Morgan fingerprint density at radius 3 is 2.59 bits per heavy atom. The predicted molar refractivity (Wildman–Crippen MR) is 70.1 cm³/mol. The summed E-state index contributed by atoms with van der Waals surface area (Å²) in [4.78, 5) is 6.87. The highest BCUT2D eigenvalue weighted by molar-refractivity contribution is 5.41. The highest BCUT2D eigenvalue weighted by atomic mass is 16.3. The molecule has 0 radical (unpaired) electrons. The second-order valence-corrected chi connectivity index (χ2v) is 4.85. The molecule has 1 saturated carbocycles. The smallest absolute Gasteiger partial charge is 0.128 e. The van der Waals surface area contributed by atoms with Gasteiger partial charge in [0, 0.05) is 18.8 Å². The van der Waals surface area contributed by atoms with E-state index >= 15 is 0 Å². The number of aliphatic hydroxyl groups excluding tert-OH is 1. The van der Waals surface area contributed by atoms with Crippen LogP contribution in [-0.4, -0.2) is 22.7 Å². The van der Waals surface area contributed by atoms with Crippen LogP contribution in [0.4, 0.5) is 5.82 Å². The van der Waals surface area contributed by atoms with Gasteiger partial charge < -0.3 is 10.0 Å². The summed E-state index contributed by atoms with van der Waals surface area (Å²) in [7, 11) is 0. The minimum absolute atomic E-state index is 0.432. The van der Waals surface area contributed by atoms with Crippen LogP contribution in [0.2, 0.25) is 0 Å². The van der Waals surface area contributed by atoms with Gasteiger partial charge in [0.1, 0.15) is 5.82 Å². The second kappa shape index (κ2) is 5.50. The van der Waals surface area contributed by atoms with Crippen molar-refractivity contribution in [2.24, 2.45) is 0 Å². The van der Waals surface area contributed by atoms with Crippen molar-refractivity contribution in [3.05, 3.63) is 23.9 Å². The van der Waals surface area contributed by atoms with Gasteiger partial charge in [-0.25, -0.2) is 4.98 Å². The highest BCUT2D eigenvalue weighted by Gasteiger charge is 2.22. The van der Waals surface area contributed by atoms with E-state index < -0.39 is 6.10 Å². The average molecular weight is 234 g/mol. The molecule has 1 aromatic rings. The first kappa shape index (κ1) is 12.4. The van der Waals surface area contributed by atoms with Crippen LogP contribution in [0.3, 0.4) is 0 Å². The quantitative estimate of drug-likeness (QED) is 0.870. The van der Waals surface area contributed by atoms with Crippen molar-refractivity contribution in [2.45, 2.75) is 51.7 Å². The minimum Gasteiger partial charge on any atom is -0.389 e. The molecule has 0 amide bonds. The average Bonchev–Trinajstić information content (AvgIpc) is 2.84. The lowest BCUT2D eigenvalue weighted by atomic mass is 10.1. The number of pyridine rings is 1. The Labute approximate surface area is 103 Å². The van der Waals surface area contributed by atoms with E-state index in [1.54, 1.807) is 13.1 Å². The Bertz CT molecular complexity index is 342. The van der Waals surface area contributed by atoms with Crippen molar-refractivity contribution in [2.75, 3.05) is 11.4 Å². The molecule has 2 rings (SSSR count).